The number of anilines is 1. The number of para-hydroxylation sites is 1. The van der Waals surface area contributed by atoms with Gasteiger partial charge in [0.25, 0.3) is 0 Å². The Morgan fingerprint density at radius 2 is 2.06 bits per heavy atom. The Kier molecular flexibility index (Phi) is 3.65. The molecule has 0 unspecified atom stereocenters. The van der Waals surface area contributed by atoms with Crippen LogP contribution < -0.4 is 5.32 Å². The van der Waals surface area contributed by atoms with Crippen molar-refractivity contribution in [1.82, 2.24) is 4.98 Å². The topological polar surface area (TPSA) is 27.8 Å². The molecule has 1 heterocycles. The highest BCUT2D eigenvalue weighted by Gasteiger charge is 2.00. The van der Waals surface area contributed by atoms with Crippen molar-refractivity contribution in [3.8, 4) is 0 Å². The van der Waals surface area contributed by atoms with Crippen LogP contribution in [0.2, 0.25) is 0 Å². The predicted molar refractivity (Wildman–Crippen MR) is 68.6 cm³/mol. The largest absolute Gasteiger partial charge is 0.381 e. The van der Waals surface area contributed by atoms with E-state index in [0.29, 0.717) is 0 Å². The minimum absolute atomic E-state index is 0.879. The molecule has 0 aliphatic rings. The molecule has 0 aliphatic heterocycles. The van der Waals surface area contributed by atoms with Crippen LogP contribution in [-0.2, 0) is 13.0 Å². The number of aryl methyl sites for hydroxylation is 1. The summed E-state index contributed by atoms with van der Waals surface area (Å²) in [5.74, 6) is 0. The monoisotopic (exact) mass is 214 g/mol. The number of rotatable bonds is 5. The molecule has 2 N–H and O–H groups in total. The summed E-state index contributed by atoms with van der Waals surface area (Å²) < 4.78 is 0. The maximum absolute atomic E-state index is 3.48. The van der Waals surface area contributed by atoms with Gasteiger partial charge in [0.15, 0.2) is 0 Å². The third kappa shape index (κ3) is 2.66. The first-order chi connectivity index (χ1) is 7.90. The molecule has 0 aliphatic carbocycles. The Hall–Kier alpha value is -1.70. The van der Waals surface area contributed by atoms with Crippen LogP contribution in [0, 0.1) is 0 Å². The number of aromatic amines is 1. The molecule has 0 bridgehead atoms. The van der Waals surface area contributed by atoms with Gasteiger partial charge in [-0.1, -0.05) is 31.5 Å². The Labute approximate surface area is 96.7 Å². The van der Waals surface area contributed by atoms with Gasteiger partial charge < -0.3 is 10.3 Å². The second kappa shape index (κ2) is 5.40. The van der Waals surface area contributed by atoms with Gasteiger partial charge in [-0.2, -0.15) is 0 Å². The highest BCUT2D eigenvalue weighted by Crippen LogP contribution is 2.17. The quantitative estimate of drug-likeness (QED) is 0.782. The van der Waals surface area contributed by atoms with Gasteiger partial charge in [0.05, 0.1) is 0 Å². The van der Waals surface area contributed by atoms with Crippen molar-refractivity contribution in [3.63, 3.8) is 0 Å². The molecule has 0 spiro atoms. The fourth-order valence-electron chi connectivity index (χ4n) is 1.85. The first-order valence-electron chi connectivity index (χ1n) is 5.83. The van der Waals surface area contributed by atoms with Gasteiger partial charge in [-0.15, -0.1) is 0 Å². The van der Waals surface area contributed by atoms with Gasteiger partial charge >= 0.3 is 0 Å². The van der Waals surface area contributed by atoms with Crippen molar-refractivity contribution < 1.29 is 0 Å². The van der Waals surface area contributed by atoms with E-state index in [9.17, 15) is 0 Å². The van der Waals surface area contributed by atoms with Gasteiger partial charge in [0, 0.05) is 24.6 Å². The van der Waals surface area contributed by atoms with Crippen molar-refractivity contribution in [3.05, 3.63) is 53.9 Å². The molecule has 2 rings (SSSR count). The smallest absolute Gasteiger partial charge is 0.0415 e. The van der Waals surface area contributed by atoms with Crippen LogP contribution in [0.15, 0.2) is 42.7 Å². The lowest BCUT2D eigenvalue weighted by Gasteiger charge is -2.10. The van der Waals surface area contributed by atoms with Crippen LogP contribution >= 0.6 is 0 Å². The van der Waals surface area contributed by atoms with Crippen LogP contribution in [-0.4, -0.2) is 4.98 Å². The molecule has 0 atom stereocenters. The van der Waals surface area contributed by atoms with Crippen molar-refractivity contribution in [2.24, 2.45) is 0 Å². The number of benzene rings is 1. The molecular weight excluding hydrogens is 196 g/mol. The zero-order valence-electron chi connectivity index (χ0n) is 9.66. The second-order valence-corrected chi connectivity index (χ2v) is 3.98. The Morgan fingerprint density at radius 1 is 1.19 bits per heavy atom. The van der Waals surface area contributed by atoms with Crippen molar-refractivity contribution in [2.75, 3.05) is 5.32 Å². The Morgan fingerprint density at radius 3 is 2.81 bits per heavy atom. The van der Waals surface area contributed by atoms with Gasteiger partial charge in [-0.25, -0.2) is 0 Å². The van der Waals surface area contributed by atoms with E-state index < -0.39 is 0 Å². The summed E-state index contributed by atoms with van der Waals surface area (Å²) >= 11 is 0. The highest BCUT2D eigenvalue weighted by molar-refractivity contribution is 5.51. The van der Waals surface area contributed by atoms with Crippen molar-refractivity contribution in [1.29, 1.82) is 0 Å². The minimum atomic E-state index is 0.879. The zero-order chi connectivity index (χ0) is 11.2. The van der Waals surface area contributed by atoms with Gasteiger partial charge in [-0.3, -0.25) is 0 Å². The van der Waals surface area contributed by atoms with E-state index in [1.54, 1.807) is 0 Å². The first-order valence-corrected chi connectivity index (χ1v) is 5.83. The van der Waals surface area contributed by atoms with Crippen LogP contribution in [0.25, 0.3) is 0 Å². The summed E-state index contributed by atoms with van der Waals surface area (Å²) in [5, 5.41) is 3.48. The third-order valence-electron chi connectivity index (χ3n) is 2.68. The third-order valence-corrected chi connectivity index (χ3v) is 2.68. The molecule has 84 valence electrons. The Balaban J connectivity index is 2.03. The first kappa shape index (κ1) is 10.8. The number of nitrogens with one attached hydrogen (secondary N) is 2. The summed E-state index contributed by atoms with van der Waals surface area (Å²) in [4.78, 5) is 3.07. The predicted octanol–water partition coefficient (Wildman–Crippen LogP) is 3.58. The number of H-pyrrole nitrogens is 1. The number of hydrogen-bond acceptors (Lipinski definition) is 1. The fourth-order valence-corrected chi connectivity index (χ4v) is 1.85. The van der Waals surface area contributed by atoms with E-state index in [4.69, 9.17) is 0 Å². The lowest BCUT2D eigenvalue weighted by molar-refractivity contribution is 0.919. The normalized spacial score (nSPS) is 10.3. The zero-order valence-corrected chi connectivity index (χ0v) is 9.66. The lowest BCUT2D eigenvalue weighted by Crippen LogP contribution is -2.01. The average molecular weight is 214 g/mol. The minimum Gasteiger partial charge on any atom is -0.381 e. The van der Waals surface area contributed by atoms with E-state index in [1.807, 2.05) is 12.4 Å². The molecule has 0 radical (unpaired) electrons. The summed E-state index contributed by atoms with van der Waals surface area (Å²) in [6, 6.07) is 10.6. The molecule has 0 amide bonds. The lowest BCUT2D eigenvalue weighted by atomic mass is 10.1. The van der Waals surface area contributed by atoms with Crippen LogP contribution in [0.1, 0.15) is 24.5 Å². The maximum atomic E-state index is 3.48. The maximum Gasteiger partial charge on any atom is 0.0415 e. The van der Waals surface area contributed by atoms with E-state index in [2.05, 4.69) is 47.6 Å². The fraction of sp³-hybridized carbons (Fsp3) is 0.286. The molecule has 2 nitrogen and oxygen atoms in total. The SMILES string of the molecule is CCCc1ccccc1NCc1cc[nH]c1. The Bertz CT molecular complexity index is 418. The highest BCUT2D eigenvalue weighted by atomic mass is 14.9. The van der Waals surface area contributed by atoms with Gasteiger partial charge in [-0.05, 0) is 29.7 Å². The van der Waals surface area contributed by atoms with E-state index >= 15 is 0 Å². The van der Waals surface area contributed by atoms with Gasteiger partial charge in [0.2, 0.25) is 0 Å². The molecule has 16 heavy (non-hydrogen) atoms. The second-order valence-electron chi connectivity index (χ2n) is 3.98. The van der Waals surface area contributed by atoms with Crippen LogP contribution in [0.5, 0.6) is 0 Å². The summed E-state index contributed by atoms with van der Waals surface area (Å²) in [6.07, 6.45) is 6.30. The molecule has 1 aromatic heterocycles. The van der Waals surface area contributed by atoms with E-state index in [-0.39, 0.29) is 0 Å². The standard InChI is InChI=1S/C14H18N2/c1-2-5-13-6-3-4-7-14(13)16-11-12-8-9-15-10-12/h3-4,6-10,15-16H,2,5,11H2,1H3. The molecule has 1 aromatic carbocycles. The van der Waals surface area contributed by atoms with E-state index in [0.717, 1.165) is 13.0 Å². The summed E-state index contributed by atoms with van der Waals surface area (Å²) in [6.45, 7) is 3.09. The van der Waals surface area contributed by atoms with E-state index in [1.165, 1.54) is 23.2 Å². The molecule has 0 fully saturated rings. The van der Waals surface area contributed by atoms with Gasteiger partial charge in [0.1, 0.15) is 0 Å². The van der Waals surface area contributed by atoms with Crippen LogP contribution in [0.4, 0.5) is 5.69 Å². The number of hydrogen-bond donors (Lipinski definition) is 2. The molecule has 2 heteroatoms. The molecule has 2 aromatic rings. The summed E-state index contributed by atoms with van der Waals surface area (Å²) in [5.41, 5.74) is 3.94. The average Bonchev–Trinajstić information content (AvgIpc) is 2.81. The molecule has 0 saturated carbocycles. The van der Waals surface area contributed by atoms with Crippen LogP contribution in [0.3, 0.4) is 0 Å². The number of aromatic nitrogens is 1. The van der Waals surface area contributed by atoms with Crippen molar-refractivity contribution >= 4 is 5.69 Å². The molecular formula is C14H18N2. The molecule has 0 saturated heterocycles. The van der Waals surface area contributed by atoms with Crippen molar-refractivity contribution in [2.45, 2.75) is 26.3 Å². The summed E-state index contributed by atoms with van der Waals surface area (Å²) in [7, 11) is 0.